The summed E-state index contributed by atoms with van der Waals surface area (Å²) in [6.45, 7) is 3.36. The summed E-state index contributed by atoms with van der Waals surface area (Å²) < 4.78 is 5.39. The number of aliphatic hydroxyl groups excluding tert-OH is 1. The highest BCUT2D eigenvalue weighted by atomic mass is 16.5. The van der Waals surface area contributed by atoms with E-state index in [-0.39, 0.29) is 17.0 Å². The molecule has 0 atom stereocenters. The number of Topliss-reactive ketones (excluding diaryl/α,β-unsaturated/α-hetero) is 1. The summed E-state index contributed by atoms with van der Waals surface area (Å²) in [7, 11) is 0. The summed E-state index contributed by atoms with van der Waals surface area (Å²) in [6, 6.07) is 7.75. The number of benzene rings is 1. The fourth-order valence-electron chi connectivity index (χ4n) is 3.41. The predicted octanol–water partition coefficient (Wildman–Crippen LogP) is 3.42. The molecule has 1 fully saturated rings. The highest BCUT2D eigenvalue weighted by Crippen LogP contribution is 2.46. The molecule has 2 aliphatic rings. The molecule has 3 nitrogen and oxygen atoms in total. The largest absolute Gasteiger partial charge is 0.512 e. The van der Waals surface area contributed by atoms with Crippen LogP contribution in [0.1, 0.15) is 36.8 Å². The third-order valence-corrected chi connectivity index (χ3v) is 4.61. The zero-order chi connectivity index (χ0) is 14.2. The van der Waals surface area contributed by atoms with Gasteiger partial charge in [0, 0.05) is 26.1 Å². The van der Waals surface area contributed by atoms with Gasteiger partial charge in [-0.15, -0.1) is 0 Å². The fourth-order valence-corrected chi connectivity index (χ4v) is 3.41. The molecule has 0 bridgehead atoms. The molecule has 1 spiro atoms. The molecule has 0 unspecified atom stereocenters. The summed E-state index contributed by atoms with van der Waals surface area (Å²) in [4.78, 5) is 12.6. The van der Waals surface area contributed by atoms with E-state index in [0.29, 0.717) is 31.6 Å². The molecule has 1 aromatic rings. The number of hydrogen-bond acceptors (Lipinski definition) is 3. The zero-order valence-electron chi connectivity index (χ0n) is 11.8. The lowest BCUT2D eigenvalue weighted by molar-refractivity contribution is -0.118. The molecular weight excluding hydrogens is 252 g/mol. The van der Waals surface area contributed by atoms with E-state index >= 15 is 0 Å². The first kappa shape index (κ1) is 13.4. The van der Waals surface area contributed by atoms with Crippen molar-refractivity contribution in [1.29, 1.82) is 0 Å². The molecule has 106 valence electrons. The molecular formula is C17H20O3. The van der Waals surface area contributed by atoms with Gasteiger partial charge < -0.3 is 9.84 Å². The maximum Gasteiger partial charge on any atom is 0.167 e. The molecule has 1 aliphatic heterocycles. The van der Waals surface area contributed by atoms with Gasteiger partial charge in [-0.3, -0.25) is 4.79 Å². The molecule has 0 saturated carbocycles. The van der Waals surface area contributed by atoms with Crippen LogP contribution in [0.2, 0.25) is 0 Å². The summed E-state index contributed by atoms with van der Waals surface area (Å²) in [5, 5.41) is 10.5. The number of carbonyl (C=O) groups excluding carboxylic acids is 1. The second kappa shape index (κ2) is 5.06. The Hall–Kier alpha value is -1.61. The molecule has 3 heteroatoms. The van der Waals surface area contributed by atoms with Crippen LogP contribution < -0.4 is 0 Å². The second-order valence-corrected chi connectivity index (χ2v) is 6.03. The van der Waals surface area contributed by atoms with Crippen LogP contribution in [0.25, 0.3) is 5.57 Å². The highest BCUT2D eigenvalue weighted by molar-refractivity contribution is 6.22. The van der Waals surface area contributed by atoms with Crippen molar-refractivity contribution in [2.75, 3.05) is 13.2 Å². The average Bonchev–Trinajstić information content (AvgIpc) is 2.41. The van der Waals surface area contributed by atoms with Crippen molar-refractivity contribution in [2.45, 2.75) is 32.6 Å². The number of allylic oxidation sites excluding steroid dienone is 2. The quantitative estimate of drug-likeness (QED) is 0.852. The number of ketones is 1. The summed E-state index contributed by atoms with van der Waals surface area (Å²) >= 11 is 0. The fraction of sp³-hybridized carbons (Fsp3) is 0.471. The van der Waals surface area contributed by atoms with Crippen molar-refractivity contribution in [1.82, 2.24) is 0 Å². The van der Waals surface area contributed by atoms with Crippen molar-refractivity contribution in [3.63, 3.8) is 0 Å². The van der Waals surface area contributed by atoms with E-state index in [2.05, 4.69) is 0 Å². The predicted molar refractivity (Wildman–Crippen MR) is 77.5 cm³/mol. The van der Waals surface area contributed by atoms with Crippen LogP contribution >= 0.6 is 0 Å². The van der Waals surface area contributed by atoms with Crippen LogP contribution in [-0.4, -0.2) is 24.1 Å². The Morgan fingerprint density at radius 1 is 1.15 bits per heavy atom. The number of hydrogen-bond donors (Lipinski definition) is 1. The van der Waals surface area contributed by atoms with Gasteiger partial charge in [0.05, 0.1) is 5.57 Å². The average molecular weight is 272 g/mol. The lowest BCUT2D eigenvalue weighted by atomic mass is 9.68. The SMILES string of the molecule is Cc1ccccc1C1=C(O)CC2(CCOCC2)CC1=O. The van der Waals surface area contributed by atoms with E-state index in [9.17, 15) is 9.90 Å². The topological polar surface area (TPSA) is 46.5 Å². The van der Waals surface area contributed by atoms with E-state index < -0.39 is 0 Å². The molecule has 1 saturated heterocycles. The molecule has 0 radical (unpaired) electrons. The van der Waals surface area contributed by atoms with Gasteiger partial charge >= 0.3 is 0 Å². The normalized spacial score (nSPS) is 22.4. The number of aryl methyl sites for hydroxylation is 1. The monoisotopic (exact) mass is 272 g/mol. The molecule has 1 heterocycles. The first-order valence-corrected chi connectivity index (χ1v) is 7.20. The maximum absolute atomic E-state index is 12.6. The van der Waals surface area contributed by atoms with Gasteiger partial charge in [0.25, 0.3) is 0 Å². The molecule has 1 aromatic carbocycles. The van der Waals surface area contributed by atoms with E-state index in [0.717, 1.165) is 24.0 Å². The van der Waals surface area contributed by atoms with Crippen LogP contribution in [0.3, 0.4) is 0 Å². The van der Waals surface area contributed by atoms with E-state index in [4.69, 9.17) is 4.74 Å². The van der Waals surface area contributed by atoms with Gasteiger partial charge in [0.15, 0.2) is 5.78 Å². The minimum Gasteiger partial charge on any atom is -0.512 e. The molecule has 3 rings (SSSR count). The van der Waals surface area contributed by atoms with Crippen LogP contribution in [0.15, 0.2) is 30.0 Å². The van der Waals surface area contributed by atoms with Gasteiger partial charge in [-0.1, -0.05) is 24.3 Å². The van der Waals surface area contributed by atoms with Crippen molar-refractivity contribution in [3.8, 4) is 0 Å². The van der Waals surface area contributed by atoms with Crippen molar-refractivity contribution < 1.29 is 14.6 Å². The van der Waals surface area contributed by atoms with Crippen molar-refractivity contribution in [2.24, 2.45) is 5.41 Å². The third kappa shape index (κ3) is 2.27. The lowest BCUT2D eigenvalue weighted by Gasteiger charge is -2.39. The lowest BCUT2D eigenvalue weighted by Crippen LogP contribution is -2.36. The highest BCUT2D eigenvalue weighted by Gasteiger charge is 2.41. The minimum absolute atomic E-state index is 0.0740. The Bertz CT molecular complexity index is 565. The Morgan fingerprint density at radius 2 is 1.85 bits per heavy atom. The van der Waals surface area contributed by atoms with Crippen molar-refractivity contribution >= 4 is 11.4 Å². The standard InChI is InChI=1S/C17H20O3/c1-12-4-2-3-5-13(12)16-14(18)10-17(11-15(16)19)6-8-20-9-7-17/h2-5,18H,6-11H2,1H3. The molecule has 0 amide bonds. The zero-order valence-corrected chi connectivity index (χ0v) is 11.8. The number of rotatable bonds is 1. The maximum atomic E-state index is 12.6. The Morgan fingerprint density at radius 3 is 2.50 bits per heavy atom. The molecule has 1 N–H and O–H groups in total. The van der Waals surface area contributed by atoms with E-state index in [1.165, 1.54) is 0 Å². The van der Waals surface area contributed by atoms with Crippen LogP contribution in [0, 0.1) is 12.3 Å². The molecule has 0 aromatic heterocycles. The first-order chi connectivity index (χ1) is 9.61. The smallest absolute Gasteiger partial charge is 0.167 e. The Labute approximate surface area is 119 Å². The number of ether oxygens (including phenoxy) is 1. The van der Waals surface area contributed by atoms with Gasteiger partial charge in [0.1, 0.15) is 5.76 Å². The minimum atomic E-state index is -0.0778. The number of carbonyl (C=O) groups is 1. The summed E-state index contributed by atoms with van der Waals surface area (Å²) in [5.41, 5.74) is 2.36. The van der Waals surface area contributed by atoms with Gasteiger partial charge in [-0.05, 0) is 36.3 Å². The summed E-state index contributed by atoms with van der Waals surface area (Å²) in [6.07, 6.45) is 2.86. The number of aliphatic hydroxyl groups is 1. The van der Waals surface area contributed by atoms with E-state index in [1.54, 1.807) is 0 Å². The Balaban J connectivity index is 1.98. The van der Waals surface area contributed by atoms with Crippen molar-refractivity contribution in [3.05, 3.63) is 41.2 Å². The van der Waals surface area contributed by atoms with Gasteiger partial charge in [-0.25, -0.2) is 0 Å². The van der Waals surface area contributed by atoms with E-state index in [1.807, 2.05) is 31.2 Å². The molecule has 1 aliphatic carbocycles. The third-order valence-electron chi connectivity index (χ3n) is 4.61. The second-order valence-electron chi connectivity index (χ2n) is 6.03. The van der Waals surface area contributed by atoms with Crippen LogP contribution in [-0.2, 0) is 9.53 Å². The first-order valence-electron chi connectivity index (χ1n) is 7.20. The van der Waals surface area contributed by atoms with Crippen LogP contribution in [0.5, 0.6) is 0 Å². The van der Waals surface area contributed by atoms with Gasteiger partial charge in [0.2, 0.25) is 0 Å². The Kier molecular flexibility index (Phi) is 3.38. The van der Waals surface area contributed by atoms with Gasteiger partial charge in [-0.2, -0.15) is 0 Å². The molecule has 20 heavy (non-hydrogen) atoms. The summed E-state index contributed by atoms with van der Waals surface area (Å²) in [5.74, 6) is 0.336. The van der Waals surface area contributed by atoms with Crippen LogP contribution in [0.4, 0.5) is 0 Å².